The molecule has 1 aliphatic carbocycles. The molecule has 3 heterocycles. The summed E-state index contributed by atoms with van der Waals surface area (Å²) in [4.78, 5) is 35.5. The Morgan fingerprint density at radius 1 is 1.13 bits per heavy atom. The van der Waals surface area contributed by atoms with Crippen LogP contribution in [0.2, 0.25) is 0 Å². The van der Waals surface area contributed by atoms with Gasteiger partial charge in [0.2, 0.25) is 5.95 Å². The van der Waals surface area contributed by atoms with Crippen LogP contribution in [0.3, 0.4) is 0 Å². The number of anilines is 4. The number of ether oxygens (including phenoxy) is 1. The molecule has 5 rings (SSSR count). The molecule has 0 spiro atoms. The standard InChI is InChI=1S/C26H31BrN8O3/c1-26(2,3)38-25(37)35-11-10-18(14-35)29-23(36)16-6-8-17(9-7-16)30-24-28-13-19(27)22(32-24)31-21-12-20(33-34-21)15-4-5-15/h6-9,12-13,15,18H,4-5,10-11,14H2,1-3H3,(H,29,36)(H3,28,30,31,32,33,34)/t18-/m1/s1. The molecule has 2 aliphatic rings. The third-order valence-electron chi connectivity index (χ3n) is 6.18. The number of aromatic amines is 1. The lowest BCUT2D eigenvalue weighted by atomic mass is 10.1. The molecule has 1 aliphatic heterocycles. The molecule has 1 saturated heterocycles. The Morgan fingerprint density at radius 2 is 1.89 bits per heavy atom. The zero-order chi connectivity index (χ0) is 26.9. The van der Waals surface area contributed by atoms with Crippen LogP contribution < -0.4 is 16.0 Å². The number of nitrogens with one attached hydrogen (secondary N) is 4. The Kier molecular flexibility index (Phi) is 7.24. The zero-order valence-electron chi connectivity index (χ0n) is 21.5. The van der Waals surface area contributed by atoms with Crippen molar-refractivity contribution in [1.82, 2.24) is 30.4 Å². The first-order valence-electron chi connectivity index (χ1n) is 12.6. The van der Waals surface area contributed by atoms with Crippen LogP contribution in [0.5, 0.6) is 0 Å². The van der Waals surface area contributed by atoms with Gasteiger partial charge in [-0.2, -0.15) is 10.1 Å². The third kappa shape index (κ3) is 6.60. The fourth-order valence-electron chi connectivity index (χ4n) is 4.11. The molecule has 4 N–H and O–H groups in total. The van der Waals surface area contributed by atoms with Gasteiger partial charge in [-0.05, 0) is 80.2 Å². The summed E-state index contributed by atoms with van der Waals surface area (Å²) in [5.74, 6) is 2.08. The van der Waals surface area contributed by atoms with Gasteiger partial charge in [0, 0.05) is 54.3 Å². The second kappa shape index (κ2) is 10.6. The quantitative estimate of drug-likeness (QED) is 0.303. The van der Waals surface area contributed by atoms with Crippen LogP contribution in [0.4, 0.5) is 28.1 Å². The summed E-state index contributed by atoms with van der Waals surface area (Å²) in [6.45, 7) is 6.49. The van der Waals surface area contributed by atoms with Gasteiger partial charge in [-0.3, -0.25) is 9.89 Å². The van der Waals surface area contributed by atoms with E-state index in [0.717, 1.165) is 11.4 Å². The van der Waals surface area contributed by atoms with Crippen LogP contribution in [-0.2, 0) is 4.74 Å². The van der Waals surface area contributed by atoms with E-state index in [2.05, 4.69) is 52.0 Å². The number of nitrogens with zero attached hydrogens (tertiary/aromatic N) is 4. The van der Waals surface area contributed by atoms with Gasteiger partial charge >= 0.3 is 6.09 Å². The number of halogens is 1. The highest BCUT2D eigenvalue weighted by molar-refractivity contribution is 9.10. The molecule has 2 aromatic heterocycles. The highest BCUT2D eigenvalue weighted by Gasteiger charge is 2.30. The average Bonchev–Trinajstić information content (AvgIpc) is 3.42. The fraction of sp³-hybridized carbons (Fsp3) is 0.423. The predicted octanol–water partition coefficient (Wildman–Crippen LogP) is 5.07. The van der Waals surface area contributed by atoms with E-state index in [9.17, 15) is 9.59 Å². The maximum Gasteiger partial charge on any atom is 0.410 e. The van der Waals surface area contributed by atoms with Gasteiger partial charge in [0.25, 0.3) is 5.91 Å². The number of carbonyl (C=O) groups excluding carboxylic acids is 2. The summed E-state index contributed by atoms with van der Waals surface area (Å²) in [5, 5.41) is 16.8. The largest absolute Gasteiger partial charge is 0.444 e. The minimum atomic E-state index is -0.549. The number of likely N-dealkylation sites (tertiary alicyclic amines) is 1. The van der Waals surface area contributed by atoms with Crippen molar-refractivity contribution in [3.05, 3.63) is 52.3 Å². The summed E-state index contributed by atoms with van der Waals surface area (Å²) >= 11 is 3.48. The van der Waals surface area contributed by atoms with E-state index in [1.165, 1.54) is 12.8 Å². The van der Waals surface area contributed by atoms with Crippen molar-refractivity contribution in [3.63, 3.8) is 0 Å². The normalized spacial score (nSPS) is 17.3. The Morgan fingerprint density at radius 3 is 2.61 bits per heavy atom. The number of carbonyl (C=O) groups is 2. The van der Waals surface area contributed by atoms with Crippen molar-refractivity contribution in [3.8, 4) is 0 Å². The number of hydrogen-bond acceptors (Lipinski definition) is 8. The van der Waals surface area contributed by atoms with Crippen molar-refractivity contribution in [2.24, 2.45) is 0 Å². The lowest BCUT2D eigenvalue weighted by Crippen LogP contribution is -2.40. The Labute approximate surface area is 229 Å². The van der Waals surface area contributed by atoms with Gasteiger partial charge in [0.1, 0.15) is 5.60 Å². The molecular weight excluding hydrogens is 552 g/mol. The molecule has 1 atom stereocenters. The van der Waals surface area contributed by atoms with Gasteiger partial charge < -0.3 is 25.6 Å². The number of amides is 2. The smallest absolute Gasteiger partial charge is 0.410 e. The SMILES string of the molecule is CC(C)(C)OC(=O)N1CC[C@@H](NC(=O)c2ccc(Nc3ncc(Br)c(Nc4cc(C5CC5)[nH]n4)n3)cc2)C1. The first-order valence-corrected chi connectivity index (χ1v) is 13.4. The predicted molar refractivity (Wildman–Crippen MR) is 147 cm³/mol. The number of H-pyrrole nitrogens is 1. The molecule has 0 radical (unpaired) electrons. The van der Waals surface area contributed by atoms with Gasteiger partial charge in [0.15, 0.2) is 11.6 Å². The topological polar surface area (TPSA) is 137 Å². The van der Waals surface area contributed by atoms with Crippen LogP contribution in [-0.4, -0.2) is 61.8 Å². The van der Waals surface area contributed by atoms with E-state index < -0.39 is 5.60 Å². The van der Waals surface area contributed by atoms with E-state index in [0.29, 0.717) is 53.0 Å². The van der Waals surface area contributed by atoms with Crippen LogP contribution in [0, 0.1) is 0 Å². The van der Waals surface area contributed by atoms with Crippen LogP contribution in [0.15, 0.2) is 41.0 Å². The van der Waals surface area contributed by atoms with E-state index in [1.807, 2.05) is 26.8 Å². The van der Waals surface area contributed by atoms with Crippen molar-refractivity contribution in [2.45, 2.75) is 57.6 Å². The maximum absolute atomic E-state index is 12.8. The highest BCUT2D eigenvalue weighted by atomic mass is 79.9. The number of hydrogen-bond donors (Lipinski definition) is 4. The van der Waals surface area contributed by atoms with E-state index >= 15 is 0 Å². The first-order chi connectivity index (χ1) is 18.1. The van der Waals surface area contributed by atoms with Crippen molar-refractivity contribution in [1.29, 1.82) is 0 Å². The number of benzene rings is 1. The summed E-state index contributed by atoms with van der Waals surface area (Å²) in [7, 11) is 0. The Balaban J connectivity index is 1.15. The van der Waals surface area contributed by atoms with Gasteiger partial charge in [-0.15, -0.1) is 0 Å². The molecule has 11 nitrogen and oxygen atoms in total. The summed E-state index contributed by atoms with van der Waals surface area (Å²) in [5.41, 5.74) is 1.85. The van der Waals surface area contributed by atoms with E-state index in [4.69, 9.17) is 4.74 Å². The zero-order valence-corrected chi connectivity index (χ0v) is 23.1. The van der Waals surface area contributed by atoms with Crippen molar-refractivity contribution in [2.75, 3.05) is 23.7 Å². The molecule has 3 aromatic rings. The first kappa shape index (κ1) is 26.0. The van der Waals surface area contributed by atoms with Crippen LogP contribution >= 0.6 is 15.9 Å². The molecule has 0 unspecified atom stereocenters. The fourth-order valence-corrected chi connectivity index (χ4v) is 4.40. The molecule has 38 heavy (non-hydrogen) atoms. The van der Waals surface area contributed by atoms with Crippen molar-refractivity contribution >= 4 is 51.2 Å². The Hall–Kier alpha value is -3.67. The van der Waals surface area contributed by atoms with E-state index in [1.54, 1.807) is 35.4 Å². The number of rotatable bonds is 7. The Bertz CT molecular complexity index is 1320. The van der Waals surface area contributed by atoms with Gasteiger partial charge in [-0.25, -0.2) is 9.78 Å². The average molecular weight is 583 g/mol. The second-order valence-electron chi connectivity index (χ2n) is 10.6. The molecular formula is C26H31BrN8O3. The minimum Gasteiger partial charge on any atom is -0.444 e. The van der Waals surface area contributed by atoms with Crippen LogP contribution in [0.25, 0.3) is 0 Å². The highest BCUT2D eigenvalue weighted by Crippen LogP contribution is 2.39. The molecule has 1 aromatic carbocycles. The monoisotopic (exact) mass is 582 g/mol. The lowest BCUT2D eigenvalue weighted by Gasteiger charge is -2.24. The molecule has 0 bridgehead atoms. The second-order valence-corrected chi connectivity index (χ2v) is 11.4. The molecule has 2 amide bonds. The van der Waals surface area contributed by atoms with Crippen LogP contribution in [0.1, 0.15) is 62.0 Å². The summed E-state index contributed by atoms with van der Waals surface area (Å²) in [6.07, 6.45) is 4.38. The third-order valence-corrected chi connectivity index (χ3v) is 6.76. The maximum atomic E-state index is 12.8. The van der Waals surface area contributed by atoms with Crippen molar-refractivity contribution < 1.29 is 14.3 Å². The summed E-state index contributed by atoms with van der Waals surface area (Å²) < 4.78 is 6.13. The minimum absolute atomic E-state index is 0.121. The molecule has 1 saturated carbocycles. The lowest BCUT2D eigenvalue weighted by molar-refractivity contribution is 0.0290. The summed E-state index contributed by atoms with van der Waals surface area (Å²) in [6, 6.07) is 8.95. The van der Waals surface area contributed by atoms with Gasteiger partial charge in [0.05, 0.1) is 4.47 Å². The molecule has 200 valence electrons. The molecule has 2 fully saturated rings. The number of aromatic nitrogens is 4. The van der Waals surface area contributed by atoms with E-state index in [-0.39, 0.29) is 18.0 Å². The van der Waals surface area contributed by atoms with Gasteiger partial charge in [-0.1, -0.05) is 0 Å². The molecule has 12 heteroatoms.